The molecule has 0 unspecified atom stereocenters. The molecule has 0 spiro atoms. The first-order chi connectivity index (χ1) is 23.7. The molecule has 0 aliphatic rings. The summed E-state index contributed by atoms with van der Waals surface area (Å²) < 4.78 is 22.3. The number of hydrogen-bond donors (Lipinski definition) is 0. The standard InChI is InChI=1S/C36H34N8O4/c1-3-5-7-8-18-29-37-34(46-41-29)26-15-10-13-24(21-26)32-39-36(48-43-32)28-17-11-14-25(22-28)33-40-35(47-44-33)27-16-9-12-23(20-27)31-38-30(45-42-31)19-6-4-2/h9-17,20-22H,3-8,18-19H2,1-2H3. The Morgan fingerprint density at radius 1 is 0.438 bits per heavy atom. The average Bonchev–Trinajstić information content (AvgIpc) is 3.97. The fourth-order valence-corrected chi connectivity index (χ4v) is 5.27. The summed E-state index contributed by atoms with van der Waals surface area (Å²) in [6.07, 6.45) is 8.22. The van der Waals surface area contributed by atoms with Gasteiger partial charge in [0.25, 0.3) is 17.7 Å². The van der Waals surface area contributed by atoms with Gasteiger partial charge in [0, 0.05) is 46.2 Å². The lowest BCUT2D eigenvalue weighted by molar-refractivity contribution is 0.375. The summed E-state index contributed by atoms with van der Waals surface area (Å²) in [4.78, 5) is 18.4. The van der Waals surface area contributed by atoms with E-state index in [1.165, 1.54) is 12.8 Å². The Bertz CT molecular complexity index is 2110. The molecule has 0 atom stereocenters. The van der Waals surface area contributed by atoms with E-state index < -0.39 is 0 Å². The van der Waals surface area contributed by atoms with Crippen LogP contribution in [0.3, 0.4) is 0 Å². The SMILES string of the molecule is CCCCCCc1noc(-c2cccc(-c3noc(-c4cccc(-c5noc(-c6cccc(-c7noc(CCCC)n7)c6)n5)c4)n3)c2)n1. The third-order valence-corrected chi connectivity index (χ3v) is 7.89. The molecule has 12 heteroatoms. The molecule has 7 rings (SSSR count). The van der Waals surface area contributed by atoms with Gasteiger partial charge in [0.05, 0.1) is 0 Å². The fourth-order valence-electron chi connectivity index (χ4n) is 5.27. The number of nitrogens with zero attached hydrogens (tertiary/aromatic N) is 8. The summed E-state index contributed by atoms with van der Waals surface area (Å²) in [5.41, 5.74) is 4.57. The maximum Gasteiger partial charge on any atom is 0.258 e. The van der Waals surface area contributed by atoms with Crippen LogP contribution in [0.15, 0.2) is 90.9 Å². The van der Waals surface area contributed by atoms with Crippen LogP contribution < -0.4 is 0 Å². The maximum absolute atomic E-state index is 5.67. The topological polar surface area (TPSA) is 156 Å². The molecule has 0 fully saturated rings. The lowest BCUT2D eigenvalue weighted by Crippen LogP contribution is -1.89. The van der Waals surface area contributed by atoms with Crippen molar-refractivity contribution < 1.29 is 18.1 Å². The van der Waals surface area contributed by atoms with E-state index in [1.807, 2.05) is 72.8 Å². The summed E-state index contributed by atoms with van der Waals surface area (Å²) in [6, 6.07) is 22.8. The van der Waals surface area contributed by atoms with Crippen molar-refractivity contribution in [1.29, 1.82) is 0 Å². The Hall–Kier alpha value is -5.78. The van der Waals surface area contributed by atoms with Crippen LogP contribution in [0.25, 0.3) is 68.5 Å². The normalized spacial score (nSPS) is 11.4. The molecular weight excluding hydrogens is 608 g/mol. The summed E-state index contributed by atoms with van der Waals surface area (Å²) in [5.74, 6) is 3.94. The van der Waals surface area contributed by atoms with E-state index in [0.29, 0.717) is 41.0 Å². The highest BCUT2D eigenvalue weighted by Crippen LogP contribution is 2.30. The smallest absolute Gasteiger partial charge is 0.258 e. The van der Waals surface area contributed by atoms with Crippen LogP contribution in [0, 0.1) is 0 Å². The highest BCUT2D eigenvalue weighted by molar-refractivity contribution is 5.70. The van der Waals surface area contributed by atoms with Gasteiger partial charge in [-0.15, -0.1) is 0 Å². The first-order valence-electron chi connectivity index (χ1n) is 16.3. The molecular formula is C36H34N8O4. The van der Waals surface area contributed by atoms with Crippen LogP contribution in [0.2, 0.25) is 0 Å². The minimum Gasteiger partial charge on any atom is -0.339 e. The van der Waals surface area contributed by atoms with Crippen LogP contribution >= 0.6 is 0 Å². The number of unbranched alkanes of at least 4 members (excludes halogenated alkanes) is 4. The Morgan fingerprint density at radius 3 is 1.48 bits per heavy atom. The number of rotatable bonds is 14. The Labute approximate surface area is 276 Å². The first-order valence-corrected chi connectivity index (χ1v) is 16.3. The minimum atomic E-state index is 0.360. The zero-order chi connectivity index (χ0) is 32.7. The molecule has 0 saturated heterocycles. The Morgan fingerprint density at radius 2 is 0.917 bits per heavy atom. The minimum absolute atomic E-state index is 0.360. The molecule has 48 heavy (non-hydrogen) atoms. The van der Waals surface area contributed by atoms with E-state index in [2.05, 4.69) is 54.4 Å². The van der Waals surface area contributed by atoms with E-state index >= 15 is 0 Å². The third kappa shape index (κ3) is 6.97. The monoisotopic (exact) mass is 642 g/mol. The van der Waals surface area contributed by atoms with Crippen molar-refractivity contribution in [3.63, 3.8) is 0 Å². The van der Waals surface area contributed by atoms with E-state index in [0.717, 1.165) is 77.7 Å². The number of aryl methyl sites for hydroxylation is 2. The molecule has 0 saturated carbocycles. The van der Waals surface area contributed by atoms with Crippen molar-refractivity contribution in [1.82, 2.24) is 40.6 Å². The molecule has 242 valence electrons. The van der Waals surface area contributed by atoms with Crippen molar-refractivity contribution in [2.75, 3.05) is 0 Å². The lowest BCUT2D eigenvalue weighted by atomic mass is 10.1. The zero-order valence-electron chi connectivity index (χ0n) is 26.8. The molecule has 12 nitrogen and oxygen atoms in total. The highest BCUT2D eigenvalue weighted by Gasteiger charge is 2.17. The molecule has 0 bridgehead atoms. The summed E-state index contributed by atoms with van der Waals surface area (Å²) in [5, 5.41) is 16.8. The van der Waals surface area contributed by atoms with Gasteiger partial charge in [-0.3, -0.25) is 0 Å². The first kappa shape index (κ1) is 30.9. The zero-order valence-corrected chi connectivity index (χ0v) is 26.8. The highest BCUT2D eigenvalue weighted by atomic mass is 16.5. The predicted octanol–water partition coefficient (Wildman–Crippen LogP) is 8.69. The van der Waals surface area contributed by atoms with Gasteiger partial charge in [0.15, 0.2) is 5.82 Å². The quantitative estimate of drug-likeness (QED) is 0.104. The number of aromatic nitrogens is 8. The van der Waals surface area contributed by atoms with Crippen molar-refractivity contribution in [3.05, 3.63) is 84.5 Å². The molecule has 4 aromatic heterocycles. The van der Waals surface area contributed by atoms with E-state index in [4.69, 9.17) is 18.1 Å². The molecule has 0 N–H and O–H groups in total. The summed E-state index contributed by atoms with van der Waals surface area (Å²) in [7, 11) is 0. The fraction of sp³-hybridized carbons (Fsp3) is 0.278. The van der Waals surface area contributed by atoms with E-state index in [9.17, 15) is 0 Å². The van der Waals surface area contributed by atoms with Crippen LogP contribution in [-0.2, 0) is 12.8 Å². The van der Waals surface area contributed by atoms with Gasteiger partial charge >= 0.3 is 0 Å². The van der Waals surface area contributed by atoms with Crippen LogP contribution in [0.4, 0.5) is 0 Å². The van der Waals surface area contributed by atoms with Crippen molar-refractivity contribution in [2.24, 2.45) is 0 Å². The predicted molar refractivity (Wildman–Crippen MR) is 177 cm³/mol. The molecule has 0 radical (unpaired) electrons. The lowest BCUT2D eigenvalue weighted by Gasteiger charge is -1.99. The Balaban J connectivity index is 1.06. The van der Waals surface area contributed by atoms with Gasteiger partial charge in [-0.05, 0) is 49.2 Å². The van der Waals surface area contributed by atoms with Crippen LogP contribution in [0.1, 0.15) is 64.1 Å². The maximum atomic E-state index is 5.67. The van der Waals surface area contributed by atoms with Gasteiger partial charge in [0.2, 0.25) is 23.4 Å². The largest absolute Gasteiger partial charge is 0.339 e. The molecule has 7 aromatic rings. The van der Waals surface area contributed by atoms with Gasteiger partial charge in [-0.1, -0.05) is 96.6 Å². The second kappa shape index (κ2) is 14.3. The second-order valence-electron chi connectivity index (χ2n) is 11.5. The summed E-state index contributed by atoms with van der Waals surface area (Å²) >= 11 is 0. The van der Waals surface area contributed by atoms with Crippen molar-refractivity contribution in [2.45, 2.75) is 65.2 Å². The molecule has 0 aliphatic carbocycles. The number of hydrogen-bond acceptors (Lipinski definition) is 12. The van der Waals surface area contributed by atoms with Gasteiger partial charge in [-0.2, -0.15) is 19.9 Å². The van der Waals surface area contributed by atoms with Crippen LogP contribution in [-0.4, -0.2) is 40.6 Å². The van der Waals surface area contributed by atoms with Gasteiger partial charge < -0.3 is 18.1 Å². The molecule has 4 heterocycles. The van der Waals surface area contributed by atoms with E-state index in [-0.39, 0.29) is 0 Å². The number of benzene rings is 3. The van der Waals surface area contributed by atoms with Crippen molar-refractivity contribution in [3.8, 4) is 68.5 Å². The second-order valence-corrected chi connectivity index (χ2v) is 11.5. The molecule has 0 amide bonds. The van der Waals surface area contributed by atoms with Crippen molar-refractivity contribution >= 4 is 0 Å². The van der Waals surface area contributed by atoms with Gasteiger partial charge in [0.1, 0.15) is 0 Å². The van der Waals surface area contributed by atoms with Gasteiger partial charge in [-0.25, -0.2) is 0 Å². The Kier molecular flexibility index (Phi) is 9.21. The summed E-state index contributed by atoms with van der Waals surface area (Å²) in [6.45, 7) is 4.32. The van der Waals surface area contributed by atoms with E-state index in [1.54, 1.807) is 0 Å². The molecule has 0 aliphatic heterocycles. The third-order valence-electron chi connectivity index (χ3n) is 7.89. The van der Waals surface area contributed by atoms with Crippen LogP contribution in [0.5, 0.6) is 0 Å². The average molecular weight is 643 g/mol. The molecule has 3 aromatic carbocycles.